The zero-order chi connectivity index (χ0) is 8.48. The van der Waals surface area contributed by atoms with E-state index in [0.717, 1.165) is 10.6 Å². The van der Waals surface area contributed by atoms with Crippen molar-refractivity contribution in [3.05, 3.63) is 0 Å². The summed E-state index contributed by atoms with van der Waals surface area (Å²) in [4.78, 5) is 10.8. The van der Waals surface area contributed by atoms with Gasteiger partial charge in [-0.1, -0.05) is 0 Å². The Balaban J connectivity index is 2.78. The maximum Gasteiger partial charge on any atom is 0.333 e. The molecule has 64 valence electrons. The van der Waals surface area contributed by atoms with Crippen molar-refractivity contribution in [3.63, 3.8) is 0 Å². The van der Waals surface area contributed by atoms with E-state index in [1.807, 2.05) is 0 Å². The largest absolute Gasteiger partial charge is 0.333 e. The Bertz CT molecular complexity index is 260. The third-order valence-corrected chi connectivity index (χ3v) is 2.34. The Morgan fingerprint density at radius 1 is 1.55 bits per heavy atom. The second kappa shape index (κ2) is 2.67. The van der Waals surface area contributed by atoms with E-state index in [9.17, 15) is 13.2 Å². The molecule has 1 aliphatic heterocycles. The molecule has 0 spiro atoms. The number of nitrogens with zero attached hydrogens (tertiary/aromatic N) is 1. The smallest absolute Gasteiger partial charge is 0.325 e. The molecule has 1 rings (SSSR count). The minimum absolute atomic E-state index is 0.0463. The van der Waals surface area contributed by atoms with Crippen molar-refractivity contribution in [1.82, 2.24) is 14.9 Å². The molecular weight excluding hydrogens is 170 g/mol. The van der Waals surface area contributed by atoms with Crippen LogP contribution in [0.3, 0.4) is 0 Å². The van der Waals surface area contributed by atoms with E-state index < -0.39 is 16.1 Å². The number of carbonyl (C=O) groups excluding carboxylic acids is 1. The van der Waals surface area contributed by atoms with Crippen molar-refractivity contribution in [2.75, 3.05) is 19.6 Å². The highest BCUT2D eigenvalue weighted by atomic mass is 32.2. The standard InChI is InChI=1S/C4H9N3O3S/c1-11(9,10)7-3-5-2-6-4(7)8/h5H,2-3H2,1H3,(H,6,8). The summed E-state index contributed by atoms with van der Waals surface area (Å²) in [5.41, 5.74) is 0. The van der Waals surface area contributed by atoms with Gasteiger partial charge in [0.2, 0.25) is 10.0 Å². The fourth-order valence-electron chi connectivity index (χ4n) is 0.723. The third kappa shape index (κ3) is 1.81. The molecule has 7 heteroatoms. The number of rotatable bonds is 1. The highest BCUT2D eigenvalue weighted by Crippen LogP contribution is 1.98. The monoisotopic (exact) mass is 179 g/mol. The predicted octanol–water partition coefficient (Wildman–Crippen LogP) is -1.52. The molecule has 2 N–H and O–H groups in total. The van der Waals surface area contributed by atoms with Crippen molar-refractivity contribution < 1.29 is 13.2 Å². The molecule has 0 aromatic rings. The lowest BCUT2D eigenvalue weighted by Crippen LogP contribution is -2.55. The summed E-state index contributed by atoms with van der Waals surface area (Å²) >= 11 is 0. The SMILES string of the molecule is CS(=O)(=O)N1CNCNC1=O. The second-order valence-corrected chi connectivity index (χ2v) is 4.09. The van der Waals surface area contributed by atoms with Gasteiger partial charge in [-0.15, -0.1) is 0 Å². The number of carbonyl (C=O) groups is 1. The van der Waals surface area contributed by atoms with E-state index in [1.165, 1.54) is 0 Å². The number of nitrogens with one attached hydrogen (secondary N) is 2. The van der Waals surface area contributed by atoms with Gasteiger partial charge in [-0.25, -0.2) is 17.5 Å². The van der Waals surface area contributed by atoms with Gasteiger partial charge >= 0.3 is 6.03 Å². The Hall–Kier alpha value is -0.820. The summed E-state index contributed by atoms with van der Waals surface area (Å²) in [6.45, 7) is 0.357. The van der Waals surface area contributed by atoms with Crippen molar-refractivity contribution >= 4 is 16.1 Å². The molecule has 0 aromatic heterocycles. The Morgan fingerprint density at radius 3 is 2.55 bits per heavy atom. The first kappa shape index (κ1) is 8.28. The summed E-state index contributed by atoms with van der Waals surface area (Å²) in [5, 5.41) is 5.02. The van der Waals surface area contributed by atoms with Gasteiger partial charge in [0.05, 0.1) is 19.6 Å². The predicted molar refractivity (Wildman–Crippen MR) is 38.1 cm³/mol. The number of hydrogen-bond acceptors (Lipinski definition) is 4. The summed E-state index contributed by atoms with van der Waals surface area (Å²) in [7, 11) is -3.42. The molecule has 0 bridgehead atoms. The highest BCUT2D eigenvalue weighted by molar-refractivity contribution is 7.88. The highest BCUT2D eigenvalue weighted by Gasteiger charge is 2.24. The summed E-state index contributed by atoms with van der Waals surface area (Å²) in [6, 6.07) is -0.578. The third-order valence-electron chi connectivity index (χ3n) is 1.25. The molecule has 0 atom stereocenters. The first-order chi connectivity index (χ1) is 5.02. The Kier molecular flexibility index (Phi) is 2.01. The summed E-state index contributed by atoms with van der Waals surface area (Å²) in [5.74, 6) is 0. The van der Waals surface area contributed by atoms with Gasteiger partial charge in [-0.2, -0.15) is 0 Å². The van der Waals surface area contributed by atoms with Crippen LogP contribution in [0.25, 0.3) is 0 Å². The first-order valence-corrected chi connectivity index (χ1v) is 4.83. The van der Waals surface area contributed by atoms with Gasteiger partial charge < -0.3 is 5.32 Å². The molecule has 11 heavy (non-hydrogen) atoms. The van der Waals surface area contributed by atoms with Crippen LogP contribution in [0.5, 0.6) is 0 Å². The molecule has 1 aliphatic rings. The van der Waals surface area contributed by atoms with Crippen LogP contribution >= 0.6 is 0 Å². The van der Waals surface area contributed by atoms with E-state index in [-0.39, 0.29) is 6.67 Å². The zero-order valence-electron chi connectivity index (χ0n) is 5.99. The van der Waals surface area contributed by atoms with E-state index in [2.05, 4.69) is 10.6 Å². The van der Waals surface area contributed by atoms with Gasteiger partial charge in [0.15, 0.2) is 0 Å². The fraction of sp³-hybridized carbons (Fsp3) is 0.750. The number of amides is 2. The van der Waals surface area contributed by atoms with E-state index in [1.54, 1.807) is 0 Å². The van der Waals surface area contributed by atoms with Crippen molar-refractivity contribution in [3.8, 4) is 0 Å². The lowest BCUT2D eigenvalue weighted by atomic mass is 10.7. The van der Waals surface area contributed by atoms with Crippen molar-refractivity contribution in [1.29, 1.82) is 0 Å². The molecule has 0 radical (unpaired) electrons. The normalized spacial score (nSPS) is 19.7. The molecule has 0 unspecified atom stereocenters. The number of urea groups is 1. The molecule has 0 aliphatic carbocycles. The van der Waals surface area contributed by atoms with E-state index >= 15 is 0 Å². The molecule has 1 heterocycles. The van der Waals surface area contributed by atoms with E-state index in [0.29, 0.717) is 6.67 Å². The van der Waals surface area contributed by atoms with Crippen LogP contribution in [0.4, 0.5) is 4.79 Å². The minimum atomic E-state index is -3.42. The second-order valence-electron chi connectivity index (χ2n) is 2.18. The van der Waals surface area contributed by atoms with Gasteiger partial charge in [0, 0.05) is 0 Å². The van der Waals surface area contributed by atoms with Crippen LogP contribution in [0.2, 0.25) is 0 Å². The maximum absolute atomic E-state index is 10.8. The van der Waals surface area contributed by atoms with Crippen molar-refractivity contribution in [2.24, 2.45) is 0 Å². The molecule has 0 aromatic carbocycles. The zero-order valence-corrected chi connectivity index (χ0v) is 6.81. The van der Waals surface area contributed by atoms with Gasteiger partial charge in [-0.3, -0.25) is 5.32 Å². The first-order valence-electron chi connectivity index (χ1n) is 2.98. The lowest BCUT2D eigenvalue weighted by molar-refractivity contribution is 0.210. The van der Waals surface area contributed by atoms with Crippen LogP contribution in [0.15, 0.2) is 0 Å². The Labute approximate surface area is 64.6 Å². The molecule has 0 saturated carbocycles. The molecule has 1 fully saturated rings. The minimum Gasteiger partial charge on any atom is -0.325 e. The average Bonchev–Trinajstić information content (AvgIpc) is 1.86. The van der Waals surface area contributed by atoms with Gasteiger partial charge in [0.1, 0.15) is 0 Å². The van der Waals surface area contributed by atoms with Crippen molar-refractivity contribution in [2.45, 2.75) is 0 Å². The van der Waals surface area contributed by atoms with Crippen LogP contribution in [0.1, 0.15) is 0 Å². The Morgan fingerprint density at radius 2 is 2.18 bits per heavy atom. The molecule has 6 nitrogen and oxygen atoms in total. The summed E-state index contributed by atoms with van der Waals surface area (Å²) < 4.78 is 22.4. The van der Waals surface area contributed by atoms with Crippen LogP contribution in [0, 0.1) is 0 Å². The topological polar surface area (TPSA) is 78.5 Å². The fourth-order valence-corrected chi connectivity index (χ4v) is 1.41. The molecular formula is C4H9N3O3S. The summed E-state index contributed by atoms with van der Waals surface area (Å²) in [6.07, 6.45) is 0.986. The number of sulfonamides is 1. The van der Waals surface area contributed by atoms with Gasteiger partial charge in [-0.05, 0) is 0 Å². The van der Waals surface area contributed by atoms with Crippen LogP contribution < -0.4 is 10.6 Å². The molecule has 2 amide bonds. The number of hydrogen-bond donors (Lipinski definition) is 2. The van der Waals surface area contributed by atoms with Crippen LogP contribution in [-0.4, -0.2) is 38.3 Å². The lowest BCUT2D eigenvalue weighted by Gasteiger charge is -2.25. The van der Waals surface area contributed by atoms with Gasteiger partial charge in [0.25, 0.3) is 0 Å². The van der Waals surface area contributed by atoms with Crippen LogP contribution in [-0.2, 0) is 10.0 Å². The average molecular weight is 179 g/mol. The van der Waals surface area contributed by atoms with E-state index in [4.69, 9.17) is 0 Å². The maximum atomic E-state index is 10.8. The molecule has 1 saturated heterocycles. The quantitative estimate of drug-likeness (QED) is 0.512.